The lowest BCUT2D eigenvalue weighted by molar-refractivity contribution is -0.142. The molecule has 2 aromatic rings. The van der Waals surface area contributed by atoms with Crippen LogP contribution in [0.15, 0.2) is 48.5 Å². The standard InChI is InChI=1S/C25H26F2N2O5S/c1-35-11-10-20(23(31)32)29-22(30)21-19(25(21,26)27)12-28-24(33)34-13-18-16-8-4-2-6-14(16)15-7-3-5-9-17(15)18/h2-9,18-21H,10-13H2,1H3,(H,28,33)(H,29,30)(H,31,32)/t19?,20-,21?/m0/s1. The summed E-state index contributed by atoms with van der Waals surface area (Å²) in [7, 11) is 0. The average molecular weight is 505 g/mol. The Bertz CT molecular complexity index is 1080. The molecular formula is C25H26F2N2O5S. The molecule has 2 aliphatic carbocycles. The number of rotatable bonds is 10. The van der Waals surface area contributed by atoms with Gasteiger partial charge in [0.15, 0.2) is 0 Å². The Morgan fingerprint density at radius 1 is 1.09 bits per heavy atom. The van der Waals surface area contributed by atoms with Crippen LogP contribution < -0.4 is 10.6 Å². The molecule has 10 heteroatoms. The number of halogens is 2. The molecule has 2 unspecified atom stereocenters. The van der Waals surface area contributed by atoms with Crippen LogP contribution in [0.5, 0.6) is 0 Å². The van der Waals surface area contributed by atoms with Crippen molar-refractivity contribution in [2.24, 2.45) is 11.8 Å². The van der Waals surface area contributed by atoms with E-state index >= 15 is 0 Å². The maximum absolute atomic E-state index is 14.2. The Balaban J connectivity index is 1.30. The molecule has 1 fully saturated rings. The number of ether oxygens (including phenoxy) is 1. The monoisotopic (exact) mass is 504 g/mol. The van der Waals surface area contributed by atoms with E-state index in [1.165, 1.54) is 11.8 Å². The van der Waals surface area contributed by atoms with E-state index in [2.05, 4.69) is 10.6 Å². The quantitative estimate of drug-likeness (QED) is 0.456. The molecule has 0 spiro atoms. The molecule has 0 aliphatic heterocycles. The van der Waals surface area contributed by atoms with Gasteiger partial charge in [0.1, 0.15) is 18.6 Å². The summed E-state index contributed by atoms with van der Waals surface area (Å²) in [5, 5.41) is 13.7. The second kappa shape index (κ2) is 10.2. The van der Waals surface area contributed by atoms with Crippen LogP contribution >= 0.6 is 11.8 Å². The third-order valence-corrected chi connectivity index (χ3v) is 7.16. The fourth-order valence-corrected chi connectivity index (χ4v) is 5.07. The van der Waals surface area contributed by atoms with Gasteiger partial charge >= 0.3 is 12.1 Å². The summed E-state index contributed by atoms with van der Waals surface area (Å²) in [5.74, 6) is -8.43. The van der Waals surface area contributed by atoms with Gasteiger partial charge in [-0.3, -0.25) is 4.79 Å². The summed E-state index contributed by atoms with van der Waals surface area (Å²) in [4.78, 5) is 35.8. The highest BCUT2D eigenvalue weighted by molar-refractivity contribution is 7.98. The molecule has 3 atom stereocenters. The maximum Gasteiger partial charge on any atom is 0.407 e. The van der Waals surface area contributed by atoms with Crippen LogP contribution in [0.4, 0.5) is 13.6 Å². The van der Waals surface area contributed by atoms with Crippen molar-refractivity contribution in [1.29, 1.82) is 0 Å². The number of thioether (sulfide) groups is 1. The Labute approximate surface area is 205 Å². The fourth-order valence-electron chi connectivity index (χ4n) is 4.60. The number of fused-ring (bicyclic) bond motifs is 3. The molecule has 0 bridgehead atoms. The highest BCUT2D eigenvalue weighted by Gasteiger charge is 2.71. The third kappa shape index (κ3) is 5.12. The van der Waals surface area contributed by atoms with E-state index in [4.69, 9.17) is 4.74 Å². The van der Waals surface area contributed by atoms with Crippen molar-refractivity contribution >= 4 is 29.7 Å². The number of nitrogens with one attached hydrogen (secondary N) is 2. The van der Waals surface area contributed by atoms with Crippen LogP contribution in [0, 0.1) is 11.8 Å². The molecule has 0 heterocycles. The zero-order chi connectivity index (χ0) is 25.2. The molecule has 0 radical (unpaired) electrons. The lowest BCUT2D eigenvalue weighted by Crippen LogP contribution is -2.42. The second-order valence-electron chi connectivity index (χ2n) is 8.65. The number of alkyl carbamates (subject to hydrolysis) is 1. The molecule has 0 aromatic heterocycles. The lowest BCUT2D eigenvalue weighted by atomic mass is 9.98. The largest absolute Gasteiger partial charge is 0.480 e. The van der Waals surface area contributed by atoms with Crippen molar-refractivity contribution in [1.82, 2.24) is 10.6 Å². The zero-order valence-electron chi connectivity index (χ0n) is 19.0. The number of hydrogen-bond donors (Lipinski definition) is 3. The second-order valence-corrected chi connectivity index (χ2v) is 9.63. The number of amides is 2. The van der Waals surface area contributed by atoms with Gasteiger partial charge in [-0.2, -0.15) is 11.8 Å². The van der Waals surface area contributed by atoms with E-state index < -0.39 is 48.3 Å². The van der Waals surface area contributed by atoms with Crippen molar-refractivity contribution < 1.29 is 33.0 Å². The highest BCUT2D eigenvalue weighted by atomic mass is 32.2. The molecule has 35 heavy (non-hydrogen) atoms. The van der Waals surface area contributed by atoms with E-state index in [1.54, 1.807) is 6.26 Å². The number of carboxylic acids is 1. The molecule has 4 rings (SSSR count). The minimum absolute atomic E-state index is 0.0422. The van der Waals surface area contributed by atoms with E-state index in [1.807, 2.05) is 48.5 Å². The van der Waals surface area contributed by atoms with E-state index in [-0.39, 0.29) is 18.9 Å². The number of benzene rings is 2. The summed E-state index contributed by atoms with van der Waals surface area (Å²) < 4.78 is 33.8. The van der Waals surface area contributed by atoms with Crippen molar-refractivity contribution in [3.63, 3.8) is 0 Å². The Morgan fingerprint density at radius 2 is 1.69 bits per heavy atom. The fraction of sp³-hybridized carbons (Fsp3) is 0.400. The maximum atomic E-state index is 14.2. The number of carbonyl (C=O) groups is 3. The van der Waals surface area contributed by atoms with Gasteiger partial charge in [-0.1, -0.05) is 48.5 Å². The Hall–Kier alpha value is -3.14. The SMILES string of the molecule is CSCC[C@H](NC(=O)C1C(CNC(=O)OCC2c3ccccc3-c3ccccc32)C1(F)F)C(=O)O. The molecule has 3 N–H and O–H groups in total. The van der Waals surface area contributed by atoms with Gasteiger partial charge in [-0.15, -0.1) is 0 Å². The van der Waals surface area contributed by atoms with Crippen LogP contribution in [0.25, 0.3) is 11.1 Å². The smallest absolute Gasteiger partial charge is 0.407 e. The predicted molar refractivity (Wildman–Crippen MR) is 128 cm³/mol. The number of hydrogen-bond acceptors (Lipinski definition) is 5. The van der Waals surface area contributed by atoms with E-state index in [0.717, 1.165) is 22.3 Å². The van der Waals surface area contributed by atoms with Crippen molar-refractivity contribution in [3.05, 3.63) is 59.7 Å². The van der Waals surface area contributed by atoms with Crippen LogP contribution in [0.2, 0.25) is 0 Å². The third-order valence-electron chi connectivity index (χ3n) is 6.52. The lowest BCUT2D eigenvalue weighted by Gasteiger charge is -2.14. The normalized spacial score (nSPS) is 20.3. The highest BCUT2D eigenvalue weighted by Crippen LogP contribution is 2.55. The molecule has 1 saturated carbocycles. The van der Waals surface area contributed by atoms with Crippen molar-refractivity contribution in [2.75, 3.05) is 25.2 Å². The van der Waals surface area contributed by atoms with Crippen molar-refractivity contribution in [2.45, 2.75) is 24.3 Å². The molecule has 0 saturated heterocycles. The summed E-state index contributed by atoms with van der Waals surface area (Å²) >= 11 is 1.39. The van der Waals surface area contributed by atoms with Crippen LogP contribution in [0.1, 0.15) is 23.5 Å². The molecular weight excluding hydrogens is 478 g/mol. The van der Waals surface area contributed by atoms with Gasteiger partial charge in [-0.25, -0.2) is 18.4 Å². The first kappa shape index (κ1) is 25.0. The minimum Gasteiger partial charge on any atom is -0.480 e. The van der Waals surface area contributed by atoms with Gasteiger partial charge in [0.25, 0.3) is 5.92 Å². The molecule has 2 amide bonds. The number of carbonyl (C=O) groups excluding carboxylic acids is 2. The molecule has 2 aliphatic rings. The van der Waals surface area contributed by atoms with Crippen molar-refractivity contribution in [3.8, 4) is 11.1 Å². The first-order valence-corrected chi connectivity index (χ1v) is 12.6. The number of alkyl halides is 2. The van der Waals surface area contributed by atoms with Gasteiger partial charge < -0.3 is 20.5 Å². The van der Waals surface area contributed by atoms with E-state index in [0.29, 0.717) is 5.75 Å². The molecule has 186 valence electrons. The van der Waals surface area contributed by atoms with Gasteiger partial charge in [-0.05, 0) is 40.7 Å². The zero-order valence-corrected chi connectivity index (χ0v) is 19.8. The summed E-state index contributed by atoms with van der Waals surface area (Å²) in [6.45, 7) is -0.412. The Kier molecular flexibility index (Phi) is 7.30. The predicted octanol–water partition coefficient (Wildman–Crippen LogP) is 3.73. The Morgan fingerprint density at radius 3 is 2.26 bits per heavy atom. The number of carboxylic acid groups (broad SMARTS) is 1. The first-order valence-electron chi connectivity index (χ1n) is 11.2. The van der Waals surface area contributed by atoms with Crippen LogP contribution in [0.3, 0.4) is 0 Å². The van der Waals surface area contributed by atoms with Crippen LogP contribution in [-0.2, 0) is 14.3 Å². The van der Waals surface area contributed by atoms with Gasteiger partial charge in [0.2, 0.25) is 5.91 Å². The average Bonchev–Trinajstić information content (AvgIpc) is 3.25. The molecule has 7 nitrogen and oxygen atoms in total. The van der Waals surface area contributed by atoms with Crippen LogP contribution in [-0.4, -0.2) is 60.2 Å². The van der Waals surface area contributed by atoms with Gasteiger partial charge in [0, 0.05) is 12.5 Å². The summed E-state index contributed by atoms with van der Waals surface area (Å²) in [5.41, 5.74) is 4.20. The van der Waals surface area contributed by atoms with Gasteiger partial charge in [0.05, 0.1) is 5.92 Å². The molecule has 2 aromatic carbocycles. The summed E-state index contributed by atoms with van der Waals surface area (Å²) in [6, 6.07) is 14.4. The van der Waals surface area contributed by atoms with E-state index in [9.17, 15) is 28.3 Å². The summed E-state index contributed by atoms with van der Waals surface area (Å²) in [6.07, 6.45) is 1.06. The number of aliphatic carboxylic acids is 1. The minimum atomic E-state index is -3.33. The topological polar surface area (TPSA) is 105 Å². The first-order chi connectivity index (χ1) is 16.8.